The predicted molar refractivity (Wildman–Crippen MR) is 129 cm³/mol. The highest BCUT2D eigenvalue weighted by Gasteiger charge is 2.23. The number of hydrogen-bond acceptors (Lipinski definition) is 5. The van der Waals surface area contributed by atoms with Crippen molar-refractivity contribution in [2.45, 2.75) is 19.3 Å². The Bertz CT molecular complexity index is 1160. The molecular formula is C26H27N5. The molecule has 0 radical (unpaired) electrons. The highest BCUT2D eigenvalue weighted by Crippen LogP contribution is 2.33. The molecule has 0 saturated carbocycles. The molecule has 31 heavy (non-hydrogen) atoms. The van der Waals surface area contributed by atoms with Crippen LogP contribution in [-0.2, 0) is 6.42 Å². The molecule has 1 aromatic heterocycles. The van der Waals surface area contributed by atoms with Crippen molar-refractivity contribution in [3.05, 3.63) is 84.7 Å². The Labute approximate surface area is 182 Å². The minimum Gasteiger partial charge on any atom is -0.393 e. The molecule has 156 valence electrons. The summed E-state index contributed by atoms with van der Waals surface area (Å²) < 4.78 is 0. The van der Waals surface area contributed by atoms with E-state index in [2.05, 4.69) is 74.8 Å². The molecule has 5 heteroatoms. The van der Waals surface area contributed by atoms with Gasteiger partial charge >= 0.3 is 0 Å². The summed E-state index contributed by atoms with van der Waals surface area (Å²) in [5, 5.41) is 5.76. The molecule has 5 rings (SSSR count). The van der Waals surface area contributed by atoms with Crippen molar-refractivity contribution in [3.8, 4) is 0 Å². The van der Waals surface area contributed by atoms with Crippen LogP contribution in [-0.4, -0.2) is 23.1 Å². The zero-order valence-electron chi connectivity index (χ0n) is 17.5. The molecule has 1 aliphatic rings. The number of nitrogens with two attached hydrogens (primary N) is 1. The van der Waals surface area contributed by atoms with Gasteiger partial charge in [0.2, 0.25) is 0 Å². The third kappa shape index (κ3) is 4.17. The van der Waals surface area contributed by atoms with E-state index in [0.717, 1.165) is 49.2 Å². The average molecular weight is 410 g/mol. The smallest absolute Gasteiger partial charge is 0.159 e. The summed E-state index contributed by atoms with van der Waals surface area (Å²) in [4.78, 5) is 11.3. The van der Waals surface area contributed by atoms with E-state index in [4.69, 9.17) is 5.73 Å². The molecule has 3 aromatic carbocycles. The maximum atomic E-state index is 6.54. The first-order valence-electron chi connectivity index (χ1n) is 10.9. The quantitative estimate of drug-likeness (QED) is 0.461. The zero-order chi connectivity index (χ0) is 21.0. The Morgan fingerprint density at radius 3 is 2.45 bits per heavy atom. The average Bonchev–Trinajstić information content (AvgIpc) is 2.82. The third-order valence-corrected chi connectivity index (χ3v) is 6.19. The lowest BCUT2D eigenvalue weighted by Gasteiger charge is -2.33. The van der Waals surface area contributed by atoms with Gasteiger partial charge in [-0.1, -0.05) is 66.7 Å². The second kappa shape index (κ2) is 8.64. The molecule has 0 aliphatic carbocycles. The molecule has 0 atom stereocenters. The molecule has 0 bridgehead atoms. The maximum Gasteiger partial charge on any atom is 0.159 e. The maximum absolute atomic E-state index is 6.54. The number of nitrogen functional groups attached to an aromatic ring is 1. The van der Waals surface area contributed by atoms with Crippen LogP contribution in [0.25, 0.3) is 10.8 Å². The van der Waals surface area contributed by atoms with Gasteiger partial charge in [-0.3, -0.25) is 0 Å². The summed E-state index contributed by atoms with van der Waals surface area (Å²) in [5.41, 5.74) is 9.56. The van der Waals surface area contributed by atoms with Crippen molar-refractivity contribution < 1.29 is 0 Å². The summed E-state index contributed by atoms with van der Waals surface area (Å²) in [6.07, 6.45) is 5.03. The fraction of sp³-hybridized carbons (Fsp3) is 0.231. The van der Waals surface area contributed by atoms with Gasteiger partial charge in [-0.2, -0.15) is 0 Å². The van der Waals surface area contributed by atoms with Crippen LogP contribution in [0.15, 0.2) is 79.1 Å². The number of nitrogens with one attached hydrogen (secondary N) is 1. The van der Waals surface area contributed by atoms with E-state index in [1.54, 1.807) is 6.33 Å². The van der Waals surface area contributed by atoms with E-state index in [1.807, 2.05) is 18.2 Å². The van der Waals surface area contributed by atoms with Gasteiger partial charge in [-0.05, 0) is 42.2 Å². The first-order chi connectivity index (χ1) is 15.3. The Morgan fingerprint density at radius 1 is 0.871 bits per heavy atom. The van der Waals surface area contributed by atoms with Crippen molar-refractivity contribution in [2.75, 3.05) is 29.0 Å². The van der Waals surface area contributed by atoms with Crippen molar-refractivity contribution in [2.24, 2.45) is 5.92 Å². The predicted octanol–water partition coefficient (Wildman–Crippen LogP) is 5.41. The van der Waals surface area contributed by atoms with E-state index in [1.165, 1.54) is 10.9 Å². The van der Waals surface area contributed by atoms with E-state index >= 15 is 0 Å². The molecule has 1 aliphatic heterocycles. The number of benzene rings is 3. The number of hydrogen-bond donors (Lipinski definition) is 2. The first-order valence-corrected chi connectivity index (χ1v) is 10.9. The summed E-state index contributed by atoms with van der Waals surface area (Å²) in [6.45, 7) is 1.93. The van der Waals surface area contributed by atoms with Crippen LogP contribution >= 0.6 is 0 Å². The number of fused-ring (bicyclic) bond motifs is 1. The second-order valence-electron chi connectivity index (χ2n) is 8.23. The van der Waals surface area contributed by atoms with Gasteiger partial charge in [0.1, 0.15) is 12.0 Å². The fourth-order valence-corrected chi connectivity index (χ4v) is 4.50. The van der Waals surface area contributed by atoms with Crippen LogP contribution in [0.4, 0.5) is 23.0 Å². The summed E-state index contributed by atoms with van der Waals surface area (Å²) >= 11 is 0. The summed E-state index contributed by atoms with van der Waals surface area (Å²) in [6, 6.07) is 25.3. The van der Waals surface area contributed by atoms with E-state index in [0.29, 0.717) is 17.4 Å². The van der Waals surface area contributed by atoms with Crippen LogP contribution < -0.4 is 16.0 Å². The highest BCUT2D eigenvalue weighted by molar-refractivity contribution is 5.96. The van der Waals surface area contributed by atoms with Gasteiger partial charge < -0.3 is 16.0 Å². The molecule has 0 amide bonds. The van der Waals surface area contributed by atoms with E-state index in [-0.39, 0.29) is 0 Å². The second-order valence-corrected chi connectivity index (χ2v) is 8.23. The first kappa shape index (κ1) is 19.4. The van der Waals surface area contributed by atoms with Gasteiger partial charge in [-0.25, -0.2) is 9.97 Å². The topological polar surface area (TPSA) is 67.1 Å². The van der Waals surface area contributed by atoms with Crippen LogP contribution in [0.2, 0.25) is 0 Å². The number of rotatable bonds is 5. The largest absolute Gasteiger partial charge is 0.393 e. The molecule has 1 fully saturated rings. The van der Waals surface area contributed by atoms with Crippen molar-refractivity contribution in [1.29, 1.82) is 0 Å². The SMILES string of the molecule is Nc1c(Nc2cccc3ccccc23)ncnc1N1CCC(Cc2ccccc2)CC1. The lowest BCUT2D eigenvalue weighted by Crippen LogP contribution is -2.35. The monoisotopic (exact) mass is 409 g/mol. The van der Waals surface area contributed by atoms with Gasteiger partial charge in [0.15, 0.2) is 11.6 Å². The number of anilines is 4. The fourth-order valence-electron chi connectivity index (χ4n) is 4.50. The molecule has 2 heterocycles. The number of piperidine rings is 1. The van der Waals surface area contributed by atoms with Crippen LogP contribution in [0, 0.1) is 5.92 Å². The Kier molecular flexibility index (Phi) is 5.40. The van der Waals surface area contributed by atoms with Crippen molar-refractivity contribution >= 4 is 33.8 Å². The van der Waals surface area contributed by atoms with E-state index < -0.39 is 0 Å². The zero-order valence-corrected chi connectivity index (χ0v) is 17.5. The number of nitrogens with zero attached hydrogens (tertiary/aromatic N) is 3. The van der Waals surface area contributed by atoms with Crippen LogP contribution in [0.3, 0.4) is 0 Å². The minimum atomic E-state index is 0.608. The van der Waals surface area contributed by atoms with Gasteiger partial charge in [0.05, 0.1) is 0 Å². The lowest BCUT2D eigenvalue weighted by molar-refractivity contribution is 0.402. The minimum absolute atomic E-state index is 0.608. The molecule has 0 spiro atoms. The molecular weight excluding hydrogens is 382 g/mol. The molecule has 0 unspecified atom stereocenters. The molecule has 4 aromatic rings. The van der Waals surface area contributed by atoms with Crippen molar-refractivity contribution in [3.63, 3.8) is 0 Å². The Morgan fingerprint density at radius 2 is 1.61 bits per heavy atom. The summed E-state index contributed by atoms with van der Waals surface area (Å²) in [5.74, 6) is 2.19. The normalized spacial score (nSPS) is 14.6. The van der Waals surface area contributed by atoms with Gasteiger partial charge in [0.25, 0.3) is 0 Å². The Hall–Kier alpha value is -3.60. The summed E-state index contributed by atoms with van der Waals surface area (Å²) in [7, 11) is 0. The lowest BCUT2D eigenvalue weighted by atomic mass is 9.90. The van der Waals surface area contributed by atoms with Crippen molar-refractivity contribution in [1.82, 2.24) is 9.97 Å². The van der Waals surface area contributed by atoms with E-state index in [9.17, 15) is 0 Å². The highest BCUT2D eigenvalue weighted by atomic mass is 15.2. The number of aromatic nitrogens is 2. The van der Waals surface area contributed by atoms with Crippen LogP contribution in [0.1, 0.15) is 18.4 Å². The Balaban J connectivity index is 1.31. The molecule has 1 saturated heterocycles. The van der Waals surface area contributed by atoms with Gasteiger partial charge in [-0.15, -0.1) is 0 Å². The molecule has 3 N–H and O–H groups in total. The van der Waals surface area contributed by atoms with Gasteiger partial charge in [0, 0.05) is 24.2 Å². The van der Waals surface area contributed by atoms with Crippen LogP contribution in [0.5, 0.6) is 0 Å². The third-order valence-electron chi connectivity index (χ3n) is 6.19. The molecule has 5 nitrogen and oxygen atoms in total. The standard InChI is InChI=1S/C26H27N5/c27-24-25(30-23-12-6-10-21-9-4-5-11-22(21)23)28-18-29-26(24)31-15-13-20(14-16-31)17-19-7-2-1-3-8-19/h1-12,18,20H,13-17,27H2,(H,28,29,30).